The van der Waals surface area contributed by atoms with E-state index in [1.807, 2.05) is 47.4 Å². The molecule has 9 heteroatoms. The van der Waals surface area contributed by atoms with E-state index >= 15 is 0 Å². The molecular weight excluding hydrogens is 470 g/mol. The predicted molar refractivity (Wildman–Crippen MR) is 139 cm³/mol. The zero-order valence-corrected chi connectivity index (χ0v) is 21.1. The molecule has 194 valence electrons. The molecule has 3 amide bonds. The summed E-state index contributed by atoms with van der Waals surface area (Å²) in [4.78, 5) is 30.5. The van der Waals surface area contributed by atoms with E-state index in [4.69, 9.17) is 9.26 Å². The Morgan fingerprint density at radius 2 is 1.89 bits per heavy atom. The van der Waals surface area contributed by atoms with E-state index in [1.165, 1.54) is 5.56 Å². The van der Waals surface area contributed by atoms with Crippen LogP contribution >= 0.6 is 0 Å². The van der Waals surface area contributed by atoms with Gasteiger partial charge in [0.1, 0.15) is 18.1 Å². The highest BCUT2D eigenvalue weighted by atomic mass is 16.5. The number of benzene rings is 2. The molecule has 0 atom stereocenters. The standard InChI is InChI=1S/C28H33N5O4/c1-31(20-23-11-16-36-30-23)19-22-3-2-4-26(17-22)37-25-9-13-32(14-10-25)27(34)18-21-5-7-24(8-6-21)33-15-12-29-28(33)35/h2-8,11,16-17,25H,9-10,12-15,18-20H2,1H3,(H,29,35). The van der Waals surface area contributed by atoms with E-state index in [0.29, 0.717) is 39.1 Å². The third-order valence-corrected chi connectivity index (χ3v) is 6.83. The zero-order chi connectivity index (χ0) is 25.6. The Morgan fingerprint density at radius 3 is 2.59 bits per heavy atom. The third kappa shape index (κ3) is 6.48. The highest BCUT2D eigenvalue weighted by Crippen LogP contribution is 2.22. The average Bonchev–Trinajstić information content (AvgIpc) is 3.57. The van der Waals surface area contributed by atoms with Gasteiger partial charge in [0.15, 0.2) is 0 Å². The number of amides is 3. The Kier molecular flexibility index (Phi) is 7.70. The van der Waals surface area contributed by atoms with Gasteiger partial charge in [-0.3, -0.25) is 14.6 Å². The first kappa shape index (κ1) is 24.8. The Bertz CT molecular complexity index is 1190. The van der Waals surface area contributed by atoms with Gasteiger partial charge in [0.2, 0.25) is 5.91 Å². The lowest BCUT2D eigenvalue weighted by atomic mass is 10.1. The second kappa shape index (κ2) is 11.5. The number of rotatable bonds is 9. The molecule has 2 aliphatic heterocycles. The highest BCUT2D eigenvalue weighted by Gasteiger charge is 2.25. The first-order chi connectivity index (χ1) is 18.0. The number of hydrogen-bond acceptors (Lipinski definition) is 6. The maximum Gasteiger partial charge on any atom is 0.321 e. The minimum Gasteiger partial charge on any atom is -0.490 e. The lowest BCUT2D eigenvalue weighted by Crippen LogP contribution is -2.42. The molecule has 2 fully saturated rings. The van der Waals surface area contributed by atoms with Crippen LogP contribution in [0, 0.1) is 0 Å². The van der Waals surface area contributed by atoms with Gasteiger partial charge in [-0.15, -0.1) is 0 Å². The molecule has 0 saturated carbocycles. The number of piperidine rings is 1. The van der Waals surface area contributed by atoms with Crippen LogP contribution in [0.4, 0.5) is 10.5 Å². The summed E-state index contributed by atoms with van der Waals surface area (Å²) in [5.74, 6) is 0.992. The molecule has 3 aromatic rings. The van der Waals surface area contributed by atoms with Gasteiger partial charge in [-0.2, -0.15) is 0 Å². The molecule has 1 aromatic heterocycles. The SMILES string of the molecule is CN(Cc1cccc(OC2CCN(C(=O)Cc3ccc(N4CCNC4=O)cc3)CC2)c1)Cc1ccon1. The number of urea groups is 1. The Labute approximate surface area is 217 Å². The van der Waals surface area contributed by atoms with Crippen molar-refractivity contribution in [2.75, 3.05) is 38.1 Å². The maximum absolute atomic E-state index is 12.9. The molecular formula is C28H33N5O4. The molecule has 0 unspecified atom stereocenters. The number of carbonyl (C=O) groups is 2. The van der Waals surface area contributed by atoms with E-state index in [1.54, 1.807) is 11.2 Å². The van der Waals surface area contributed by atoms with Crippen molar-refractivity contribution in [3.8, 4) is 5.75 Å². The van der Waals surface area contributed by atoms with E-state index in [0.717, 1.165) is 42.1 Å². The molecule has 9 nitrogen and oxygen atoms in total. The average molecular weight is 504 g/mol. The Morgan fingerprint density at radius 1 is 1.08 bits per heavy atom. The van der Waals surface area contributed by atoms with Crippen LogP contribution in [0.5, 0.6) is 5.75 Å². The number of nitrogens with zero attached hydrogens (tertiary/aromatic N) is 4. The molecule has 2 saturated heterocycles. The molecule has 2 aromatic carbocycles. The molecule has 3 heterocycles. The van der Waals surface area contributed by atoms with Crippen molar-refractivity contribution < 1.29 is 18.8 Å². The second-order valence-electron chi connectivity index (χ2n) is 9.74. The summed E-state index contributed by atoms with van der Waals surface area (Å²) >= 11 is 0. The summed E-state index contributed by atoms with van der Waals surface area (Å²) in [6.07, 6.45) is 3.67. The summed E-state index contributed by atoms with van der Waals surface area (Å²) < 4.78 is 11.2. The minimum atomic E-state index is -0.0732. The van der Waals surface area contributed by atoms with Crippen molar-refractivity contribution in [2.24, 2.45) is 0 Å². The van der Waals surface area contributed by atoms with Crippen LogP contribution in [0.3, 0.4) is 0 Å². The van der Waals surface area contributed by atoms with Gasteiger partial charge in [0, 0.05) is 63.9 Å². The van der Waals surface area contributed by atoms with Gasteiger partial charge in [-0.1, -0.05) is 29.4 Å². The third-order valence-electron chi connectivity index (χ3n) is 6.83. The van der Waals surface area contributed by atoms with Crippen molar-refractivity contribution in [2.45, 2.75) is 38.5 Å². The van der Waals surface area contributed by atoms with Crippen molar-refractivity contribution in [3.63, 3.8) is 0 Å². The smallest absolute Gasteiger partial charge is 0.321 e. The Balaban J connectivity index is 1.07. The molecule has 0 bridgehead atoms. The summed E-state index contributed by atoms with van der Waals surface area (Å²) in [6.45, 7) is 4.20. The van der Waals surface area contributed by atoms with Crippen LogP contribution in [0.2, 0.25) is 0 Å². The lowest BCUT2D eigenvalue weighted by molar-refractivity contribution is -0.132. The van der Waals surface area contributed by atoms with E-state index in [9.17, 15) is 9.59 Å². The van der Waals surface area contributed by atoms with Gasteiger partial charge in [0.05, 0.1) is 12.1 Å². The number of nitrogens with one attached hydrogen (secondary N) is 1. The van der Waals surface area contributed by atoms with Gasteiger partial charge in [0.25, 0.3) is 0 Å². The van der Waals surface area contributed by atoms with Crippen molar-refractivity contribution in [1.29, 1.82) is 0 Å². The van der Waals surface area contributed by atoms with Crippen LogP contribution in [-0.2, 0) is 24.3 Å². The maximum atomic E-state index is 12.9. The van der Waals surface area contributed by atoms with E-state index in [2.05, 4.69) is 34.6 Å². The lowest BCUT2D eigenvalue weighted by Gasteiger charge is -2.32. The zero-order valence-electron chi connectivity index (χ0n) is 21.1. The number of likely N-dealkylation sites (tertiary alicyclic amines) is 1. The number of anilines is 1. The molecule has 5 rings (SSSR count). The molecule has 2 aliphatic rings. The number of aromatic nitrogens is 1. The van der Waals surface area contributed by atoms with Crippen LogP contribution in [0.25, 0.3) is 0 Å². The van der Waals surface area contributed by atoms with Crippen LogP contribution in [-0.4, -0.2) is 66.2 Å². The molecule has 1 N–H and O–H groups in total. The normalized spacial score (nSPS) is 16.3. The van der Waals surface area contributed by atoms with Crippen LogP contribution in [0.15, 0.2) is 65.4 Å². The predicted octanol–water partition coefficient (Wildman–Crippen LogP) is 3.45. The van der Waals surface area contributed by atoms with Gasteiger partial charge in [-0.25, -0.2) is 4.79 Å². The monoisotopic (exact) mass is 503 g/mol. The largest absolute Gasteiger partial charge is 0.490 e. The fraction of sp³-hybridized carbons (Fsp3) is 0.393. The molecule has 37 heavy (non-hydrogen) atoms. The van der Waals surface area contributed by atoms with Crippen molar-refractivity contribution in [3.05, 3.63) is 77.7 Å². The highest BCUT2D eigenvalue weighted by molar-refractivity contribution is 5.94. The summed E-state index contributed by atoms with van der Waals surface area (Å²) in [6, 6.07) is 17.7. The number of carbonyl (C=O) groups excluding carboxylic acids is 2. The van der Waals surface area contributed by atoms with Crippen molar-refractivity contribution in [1.82, 2.24) is 20.3 Å². The van der Waals surface area contributed by atoms with E-state index in [-0.39, 0.29) is 18.0 Å². The van der Waals surface area contributed by atoms with Crippen LogP contribution in [0.1, 0.15) is 29.7 Å². The summed E-state index contributed by atoms with van der Waals surface area (Å²) in [7, 11) is 2.05. The fourth-order valence-corrected chi connectivity index (χ4v) is 4.89. The second-order valence-corrected chi connectivity index (χ2v) is 9.74. The topological polar surface area (TPSA) is 91.2 Å². The van der Waals surface area contributed by atoms with Crippen LogP contribution < -0.4 is 15.0 Å². The Hall–Kier alpha value is -3.85. The van der Waals surface area contributed by atoms with Gasteiger partial charge < -0.3 is 19.5 Å². The number of ether oxygens (including phenoxy) is 1. The van der Waals surface area contributed by atoms with E-state index < -0.39 is 0 Å². The summed E-state index contributed by atoms with van der Waals surface area (Å²) in [5.41, 5.74) is 3.89. The molecule has 0 aliphatic carbocycles. The fourth-order valence-electron chi connectivity index (χ4n) is 4.89. The quantitative estimate of drug-likeness (QED) is 0.481. The minimum absolute atomic E-state index is 0.0732. The molecule has 0 radical (unpaired) electrons. The number of hydrogen-bond donors (Lipinski definition) is 1. The first-order valence-electron chi connectivity index (χ1n) is 12.8. The summed E-state index contributed by atoms with van der Waals surface area (Å²) in [5, 5.41) is 6.77. The van der Waals surface area contributed by atoms with Gasteiger partial charge >= 0.3 is 6.03 Å². The first-order valence-corrected chi connectivity index (χ1v) is 12.8. The van der Waals surface area contributed by atoms with Crippen molar-refractivity contribution >= 4 is 17.6 Å². The molecule has 0 spiro atoms. The van der Waals surface area contributed by atoms with Gasteiger partial charge in [-0.05, 0) is 42.4 Å².